The van der Waals surface area contributed by atoms with Gasteiger partial charge in [0.25, 0.3) is 0 Å². The molecule has 3 rings (SSSR count). The summed E-state index contributed by atoms with van der Waals surface area (Å²) in [7, 11) is 0. The molecule has 0 unspecified atom stereocenters. The number of alkyl halides is 3. The van der Waals surface area contributed by atoms with Crippen molar-refractivity contribution in [2.24, 2.45) is 0 Å². The van der Waals surface area contributed by atoms with Gasteiger partial charge < -0.3 is 4.74 Å². The molecule has 1 nitrogen and oxygen atoms in total. The fourth-order valence-electron chi connectivity index (χ4n) is 2.44. The van der Waals surface area contributed by atoms with Crippen molar-refractivity contribution in [3.05, 3.63) is 69.2 Å². The first-order valence-electron chi connectivity index (χ1n) is 6.71. The molecule has 0 aromatic heterocycles. The van der Waals surface area contributed by atoms with Gasteiger partial charge in [0, 0.05) is 10.0 Å². The van der Waals surface area contributed by atoms with E-state index in [4.69, 9.17) is 4.74 Å². The molecule has 5 heteroatoms. The van der Waals surface area contributed by atoms with E-state index in [1.807, 2.05) is 30.4 Å². The molecule has 0 radical (unpaired) electrons. The average Bonchev–Trinajstić information content (AvgIpc) is 2.92. The molecule has 0 amide bonds. The maximum atomic E-state index is 12.8. The van der Waals surface area contributed by atoms with Gasteiger partial charge >= 0.3 is 6.18 Å². The predicted molar refractivity (Wildman–Crippen MR) is 82.7 cm³/mol. The zero-order valence-electron chi connectivity index (χ0n) is 11.5. The van der Waals surface area contributed by atoms with E-state index in [1.54, 1.807) is 6.07 Å². The highest BCUT2D eigenvalue weighted by Crippen LogP contribution is 2.33. The van der Waals surface area contributed by atoms with Crippen molar-refractivity contribution >= 4 is 22.0 Å². The van der Waals surface area contributed by atoms with Gasteiger partial charge in [-0.25, -0.2) is 0 Å². The van der Waals surface area contributed by atoms with Crippen LogP contribution in [0.5, 0.6) is 5.75 Å². The second-order valence-corrected chi connectivity index (χ2v) is 5.99. The van der Waals surface area contributed by atoms with E-state index in [0.29, 0.717) is 15.8 Å². The van der Waals surface area contributed by atoms with Crippen LogP contribution in [0.4, 0.5) is 13.2 Å². The molecule has 0 heterocycles. The maximum Gasteiger partial charge on any atom is 0.416 e. The monoisotopic (exact) mass is 368 g/mol. The Bertz CT molecular complexity index is 735. The number of benzene rings is 2. The third kappa shape index (κ3) is 3.19. The van der Waals surface area contributed by atoms with Crippen molar-refractivity contribution < 1.29 is 17.9 Å². The molecular weight excluding hydrogens is 357 g/mol. The summed E-state index contributed by atoms with van der Waals surface area (Å²) in [6.45, 7) is 0.0901. The number of ether oxygens (including phenoxy) is 1. The maximum absolute atomic E-state index is 12.8. The van der Waals surface area contributed by atoms with Crippen LogP contribution in [0.2, 0.25) is 0 Å². The van der Waals surface area contributed by atoms with Crippen molar-refractivity contribution in [1.82, 2.24) is 0 Å². The number of hydrogen-bond acceptors (Lipinski definition) is 1. The Hall–Kier alpha value is -1.75. The Kier molecular flexibility index (Phi) is 4.00. The summed E-state index contributed by atoms with van der Waals surface area (Å²) < 4.78 is 44.6. The third-order valence-electron chi connectivity index (χ3n) is 3.46. The summed E-state index contributed by atoms with van der Waals surface area (Å²) in [6, 6.07) is 9.55. The van der Waals surface area contributed by atoms with Crippen LogP contribution in [-0.4, -0.2) is 0 Å². The smallest absolute Gasteiger partial charge is 0.416 e. The number of halogens is 4. The third-order valence-corrected chi connectivity index (χ3v) is 3.92. The zero-order valence-corrected chi connectivity index (χ0v) is 13.0. The molecule has 0 aliphatic heterocycles. The number of hydrogen-bond donors (Lipinski definition) is 0. The molecule has 0 saturated heterocycles. The molecular formula is C17H12BrF3O. The van der Waals surface area contributed by atoms with Gasteiger partial charge in [-0.3, -0.25) is 0 Å². The molecule has 2 aromatic carbocycles. The first-order valence-corrected chi connectivity index (χ1v) is 7.51. The van der Waals surface area contributed by atoms with Gasteiger partial charge in [-0.1, -0.05) is 40.2 Å². The topological polar surface area (TPSA) is 9.23 Å². The lowest BCUT2D eigenvalue weighted by molar-refractivity contribution is -0.137. The predicted octanol–water partition coefficient (Wildman–Crippen LogP) is 5.62. The summed E-state index contributed by atoms with van der Waals surface area (Å²) in [5, 5.41) is 0. The lowest BCUT2D eigenvalue weighted by Gasteiger charge is -2.13. The summed E-state index contributed by atoms with van der Waals surface area (Å²) >= 11 is 3.11. The molecule has 1 aliphatic rings. The van der Waals surface area contributed by atoms with E-state index >= 15 is 0 Å². The Morgan fingerprint density at radius 3 is 2.73 bits per heavy atom. The van der Waals surface area contributed by atoms with E-state index < -0.39 is 11.7 Å². The van der Waals surface area contributed by atoms with Crippen molar-refractivity contribution in [3.63, 3.8) is 0 Å². The Morgan fingerprint density at radius 1 is 1.14 bits per heavy atom. The molecule has 0 N–H and O–H groups in total. The fraction of sp³-hybridized carbons (Fsp3) is 0.176. The minimum atomic E-state index is -4.37. The summed E-state index contributed by atoms with van der Waals surface area (Å²) in [4.78, 5) is 0. The molecule has 2 aromatic rings. The SMILES string of the molecule is FC(F)(F)c1cc(Br)cc(COc2cccc3c2C=CC3)c1. The molecule has 1 aliphatic carbocycles. The van der Waals surface area contributed by atoms with Crippen LogP contribution in [0.15, 0.2) is 46.9 Å². The van der Waals surface area contributed by atoms with Crippen molar-refractivity contribution in [3.8, 4) is 5.75 Å². The van der Waals surface area contributed by atoms with Gasteiger partial charge in [-0.15, -0.1) is 0 Å². The Labute approximate surface area is 134 Å². The van der Waals surface area contributed by atoms with Gasteiger partial charge in [0.05, 0.1) is 5.56 Å². The quantitative estimate of drug-likeness (QED) is 0.683. The second kappa shape index (κ2) is 5.80. The van der Waals surface area contributed by atoms with E-state index in [-0.39, 0.29) is 6.61 Å². The standard InChI is InChI=1S/C17H12BrF3O/c18-14-8-11(7-13(9-14)17(19,20)21)10-22-16-6-2-4-12-3-1-5-15(12)16/h1-2,4-9H,3,10H2. The van der Waals surface area contributed by atoms with Gasteiger partial charge in [0.15, 0.2) is 0 Å². The average molecular weight is 369 g/mol. The van der Waals surface area contributed by atoms with Gasteiger partial charge in [-0.05, 0) is 41.8 Å². The molecule has 0 bridgehead atoms. The summed E-state index contributed by atoms with van der Waals surface area (Å²) in [6.07, 6.45) is 0.516. The lowest BCUT2D eigenvalue weighted by atomic mass is 10.1. The van der Waals surface area contributed by atoms with Crippen LogP contribution >= 0.6 is 15.9 Å². The van der Waals surface area contributed by atoms with Gasteiger partial charge in [-0.2, -0.15) is 13.2 Å². The zero-order chi connectivity index (χ0) is 15.7. The minimum Gasteiger partial charge on any atom is -0.488 e. The van der Waals surface area contributed by atoms with Crippen LogP contribution in [0.25, 0.3) is 6.08 Å². The van der Waals surface area contributed by atoms with Crippen LogP contribution in [-0.2, 0) is 19.2 Å². The minimum absolute atomic E-state index is 0.0901. The van der Waals surface area contributed by atoms with Crippen LogP contribution in [0.1, 0.15) is 22.3 Å². The molecule has 114 valence electrons. The van der Waals surface area contributed by atoms with E-state index in [0.717, 1.165) is 24.1 Å². The highest BCUT2D eigenvalue weighted by Gasteiger charge is 2.31. The first-order chi connectivity index (χ1) is 10.4. The molecule has 0 atom stereocenters. The van der Waals surface area contributed by atoms with Crippen LogP contribution < -0.4 is 4.74 Å². The largest absolute Gasteiger partial charge is 0.488 e. The van der Waals surface area contributed by atoms with E-state index in [9.17, 15) is 13.2 Å². The normalized spacial score (nSPS) is 13.3. The molecule has 0 spiro atoms. The summed E-state index contributed by atoms with van der Waals surface area (Å²) in [5.74, 6) is 0.694. The van der Waals surface area contributed by atoms with Crippen molar-refractivity contribution in [1.29, 1.82) is 0 Å². The van der Waals surface area contributed by atoms with E-state index in [2.05, 4.69) is 15.9 Å². The second-order valence-electron chi connectivity index (χ2n) is 5.07. The highest BCUT2D eigenvalue weighted by molar-refractivity contribution is 9.10. The number of fused-ring (bicyclic) bond motifs is 1. The molecule has 0 saturated carbocycles. The highest BCUT2D eigenvalue weighted by atomic mass is 79.9. The van der Waals surface area contributed by atoms with Crippen LogP contribution in [0, 0.1) is 0 Å². The van der Waals surface area contributed by atoms with Crippen LogP contribution in [0.3, 0.4) is 0 Å². The first kappa shape index (κ1) is 15.2. The van der Waals surface area contributed by atoms with E-state index in [1.165, 1.54) is 5.56 Å². The number of rotatable bonds is 3. The summed E-state index contributed by atoms with van der Waals surface area (Å²) in [5.41, 5.74) is 1.97. The molecule has 0 fully saturated rings. The Balaban J connectivity index is 1.82. The molecule has 22 heavy (non-hydrogen) atoms. The number of allylic oxidation sites excluding steroid dienone is 1. The van der Waals surface area contributed by atoms with Crippen molar-refractivity contribution in [2.45, 2.75) is 19.2 Å². The van der Waals surface area contributed by atoms with Gasteiger partial charge in [0.1, 0.15) is 12.4 Å². The Morgan fingerprint density at radius 2 is 1.95 bits per heavy atom. The van der Waals surface area contributed by atoms with Crippen molar-refractivity contribution in [2.75, 3.05) is 0 Å². The fourth-order valence-corrected chi connectivity index (χ4v) is 2.99. The lowest BCUT2D eigenvalue weighted by Crippen LogP contribution is -2.07. The van der Waals surface area contributed by atoms with Gasteiger partial charge in [0.2, 0.25) is 0 Å².